The highest BCUT2D eigenvalue weighted by Crippen LogP contribution is 2.24. The molecule has 1 aromatic heterocycles. The third kappa shape index (κ3) is 3.71. The maximum Gasteiger partial charge on any atom is 0.257 e. The predicted octanol–water partition coefficient (Wildman–Crippen LogP) is 2.47. The van der Waals surface area contributed by atoms with Crippen LogP contribution in [0.4, 0.5) is 0 Å². The Morgan fingerprint density at radius 3 is 2.79 bits per heavy atom. The number of aryl methyl sites for hydroxylation is 2. The number of nitrogens with two attached hydrogens (primary N) is 1. The standard InChI is InChI=1S/C17H21N3O3.ClH/c1-11-15(12(2)23-19-11)10-22-16-6-4-3-5-14(16)17(21)20-8-7-13(18)9-20;/h3-6,13H,7-10,18H2,1-2H3;1H/t13-;/m1./s1. The molecule has 0 saturated carbocycles. The molecule has 0 unspecified atom stereocenters. The molecule has 0 aliphatic carbocycles. The van der Waals surface area contributed by atoms with Gasteiger partial charge in [-0.2, -0.15) is 0 Å². The van der Waals surface area contributed by atoms with Crippen LogP contribution in [0.1, 0.15) is 33.8 Å². The Labute approximate surface area is 147 Å². The summed E-state index contributed by atoms with van der Waals surface area (Å²) in [4.78, 5) is 14.4. The smallest absolute Gasteiger partial charge is 0.257 e. The SMILES string of the molecule is Cc1noc(C)c1COc1ccccc1C(=O)N1CC[C@@H](N)C1.Cl. The van der Waals surface area contributed by atoms with Gasteiger partial charge < -0.3 is 19.9 Å². The van der Waals surface area contributed by atoms with Crippen molar-refractivity contribution in [2.45, 2.75) is 32.9 Å². The van der Waals surface area contributed by atoms with E-state index >= 15 is 0 Å². The van der Waals surface area contributed by atoms with Crippen molar-refractivity contribution in [1.82, 2.24) is 10.1 Å². The Kier molecular flexibility index (Phi) is 5.85. The van der Waals surface area contributed by atoms with Crippen LogP contribution in [0.25, 0.3) is 0 Å². The molecule has 7 heteroatoms. The Bertz CT molecular complexity index is 697. The highest BCUT2D eigenvalue weighted by molar-refractivity contribution is 5.97. The second-order valence-corrected chi connectivity index (χ2v) is 5.89. The van der Waals surface area contributed by atoms with Gasteiger partial charge in [0, 0.05) is 19.1 Å². The van der Waals surface area contributed by atoms with Crippen molar-refractivity contribution in [2.24, 2.45) is 5.73 Å². The minimum atomic E-state index is -0.0349. The largest absolute Gasteiger partial charge is 0.488 e. The minimum absolute atomic E-state index is 0. The molecule has 1 saturated heterocycles. The number of hydrogen-bond acceptors (Lipinski definition) is 5. The number of nitrogens with zero attached hydrogens (tertiary/aromatic N) is 2. The lowest BCUT2D eigenvalue weighted by atomic mass is 10.1. The third-order valence-corrected chi connectivity index (χ3v) is 4.18. The van der Waals surface area contributed by atoms with Gasteiger partial charge in [0.15, 0.2) is 0 Å². The molecule has 24 heavy (non-hydrogen) atoms. The highest BCUT2D eigenvalue weighted by Gasteiger charge is 2.26. The van der Waals surface area contributed by atoms with Crippen LogP contribution in [0, 0.1) is 13.8 Å². The van der Waals surface area contributed by atoms with Crippen molar-refractivity contribution in [3.8, 4) is 5.75 Å². The summed E-state index contributed by atoms with van der Waals surface area (Å²) in [6, 6.07) is 7.35. The van der Waals surface area contributed by atoms with Crippen LogP contribution < -0.4 is 10.5 Å². The molecular weight excluding hydrogens is 330 g/mol. The normalized spacial score (nSPS) is 16.8. The van der Waals surface area contributed by atoms with E-state index in [9.17, 15) is 4.79 Å². The van der Waals surface area contributed by atoms with Gasteiger partial charge in [0.1, 0.15) is 18.1 Å². The topological polar surface area (TPSA) is 81.6 Å². The van der Waals surface area contributed by atoms with Gasteiger partial charge in [-0.15, -0.1) is 12.4 Å². The van der Waals surface area contributed by atoms with Crippen LogP contribution in [0.5, 0.6) is 5.75 Å². The molecule has 6 nitrogen and oxygen atoms in total. The lowest BCUT2D eigenvalue weighted by Gasteiger charge is -2.18. The summed E-state index contributed by atoms with van der Waals surface area (Å²) in [7, 11) is 0. The number of ether oxygens (including phenoxy) is 1. The molecule has 1 fully saturated rings. The molecular formula is C17H22ClN3O3. The molecule has 2 heterocycles. The fraction of sp³-hybridized carbons (Fsp3) is 0.412. The van der Waals surface area contributed by atoms with Crippen molar-refractivity contribution in [1.29, 1.82) is 0 Å². The zero-order valence-corrected chi connectivity index (χ0v) is 14.6. The molecule has 0 bridgehead atoms. The summed E-state index contributed by atoms with van der Waals surface area (Å²) in [6.45, 7) is 5.33. The van der Waals surface area contributed by atoms with Gasteiger partial charge >= 0.3 is 0 Å². The molecule has 1 aromatic carbocycles. The number of hydrogen-bond donors (Lipinski definition) is 1. The molecule has 1 amide bonds. The summed E-state index contributed by atoms with van der Waals surface area (Å²) < 4.78 is 11.0. The Morgan fingerprint density at radius 2 is 2.17 bits per heavy atom. The van der Waals surface area contributed by atoms with Crippen molar-refractivity contribution < 1.29 is 14.1 Å². The van der Waals surface area contributed by atoms with Crippen LogP contribution in [-0.2, 0) is 6.61 Å². The minimum Gasteiger partial charge on any atom is -0.488 e. The van der Waals surface area contributed by atoms with Crippen LogP contribution in [0.2, 0.25) is 0 Å². The first-order valence-corrected chi connectivity index (χ1v) is 7.74. The molecule has 0 radical (unpaired) electrons. The van der Waals surface area contributed by atoms with E-state index in [1.165, 1.54) is 0 Å². The maximum atomic E-state index is 12.7. The second-order valence-electron chi connectivity index (χ2n) is 5.89. The van der Waals surface area contributed by atoms with Gasteiger partial charge in [0.05, 0.1) is 16.8 Å². The fourth-order valence-electron chi connectivity index (χ4n) is 2.77. The predicted molar refractivity (Wildman–Crippen MR) is 92.5 cm³/mol. The molecule has 130 valence electrons. The zero-order chi connectivity index (χ0) is 16.4. The molecule has 3 rings (SSSR count). The average molecular weight is 352 g/mol. The van der Waals surface area contributed by atoms with Crippen LogP contribution in [-0.4, -0.2) is 35.1 Å². The van der Waals surface area contributed by atoms with Gasteiger partial charge in [0.25, 0.3) is 5.91 Å². The van der Waals surface area contributed by atoms with Crippen molar-refractivity contribution in [2.75, 3.05) is 13.1 Å². The zero-order valence-electron chi connectivity index (χ0n) is 13.8. The average Bonchev–Trinajstić information content (AvgIpc) is 3.12. The number of carbonyl (C=O) groups is 1. The third-order valence-electron chi connectivity index (χ3n) is 4.18. The van der Waals surface area contributed by atoms with Crippen LogP contribution in [0.15, 0.2) is 28.8 Å². The molecule has 2 N–H and O–H groups in total. The number of halogens is 1. The Morgan fingerprint density at radius 1 is 1.42 bits per heavy atom. The Hall–Kier alpha value is -2.05. The number of benzene rings is 1. The number of rotatable bonds is 4. The first kappa shape index (κ1) is 18.3. The van der Waals surface area contributed by atoms with E-state index < -0.39 is 0 Å². The van der Waals surface area contributed by atoms with E-state index in [4.69, 9.17) is 15.0 Å². The number of likely N-dealkylation sites (tertiary alicyclic amines) is 1. The Balaban J connectivity index is 0.00000208. The van der Waals surface area contributed by atoms with Crippen molar-refractivity contribution >= 4 is 18.3 Å². The number of para-hydroxylation sites is 1. The monoisotopic (exact) mass is 351 g/mol. The number of aromatic nitrogens is 1. The van der Waals surface area contributed by atoms with Gasteiger partial charge in [0.2, 0.25) is 0 Å². The molecule has 1 aliphatic rings. The number of amides is 1. The summed E-state index contributed by atoms with van der Waals surface area (Å²) in [5.74, 6) is 1.27. The van der Waals surface area contributed by atoms with Gasteiger partial charge in [-0.3, -0.25) is 4.79 Å². The summed E-state index contributed by atoms with van der Waals surface area (Å²) in [6.07, 6.45) is 0.841. The lowest BCUT2D eigenvalue weighted by Crippen LogP contribution is -2.32. The lowest BCUT2D eigenvalue weighted by molar-refractivity contribution is 0.0786. The van der Waals surface area contributed by atoms with Crippen LogP contribution in [0.3, 0.4) is 0 Å². The highest BCUT2D eigenvalue weighted by atomic mass is 35.5. The molecule has 1 atom stereocenters. The van der Waals surface area contributed by atoms with E-state index in [0.29, 0.717) is 31.0 Å². The first-order valence-electron chi connectivity index (χ1n) is 7.74. The number of carbonyl (C=O) groups excluding carboxylic acids is 1. The quantitative estimate of drug-likeness (QED) is 0.915. The van der Waals surface area contributed by atoms with E-state index in [-0.39, 0.29) is 24.4 Å². The van der Waals surface area contributed by atoms with Crippen molar-refractivity contribution in [3.63, 3.8) is 0 Å². The van der Waals surface area contributed by atoms with E-state index in [2.05, 4.69) is 5.16 Å². The second kappa shape index (κ2) is 7.68. The molecule has 0 spiro atoms. The van der Waals surface area contributed by atoms with Gasteiger partial charge in [-0.25, -0.2) is 0 Å². The summed E-state index contributed by atoms with van der Waals surface area (Å²) in [5.41, 5.74) is 8.17. The fourth-order valence-corrected chi connectivity index (χ4v) is 2.77. The summed E-state index contributed by atoms with van der Waals surface area (Å²) >= 11 is 0. The van der Waals surface area contributed by atoms with Gasteiger partial charge in [-0.1, -0.05) is 17.3 Å². The molecule has 1 aliphatic heterocycles. The van der Waals surface area contributed by atoms with E-state index in [0.717, 1.165) is 23.4 Å². The summed E-state index contributed by atoms with van der Waals surface area (Å²) in [5, 5.41) is 3.91. The van der Waals surface area contributed by atoms with Crippen molar-refractivity contribution in [3.05, 3.63) is 46.8 Å². The first-order chi connectivity index (χ1) is 11.1. The maximum absolute atomic E-state index is 12.7. The van der Waals surface area contributed by atoms with E-state index in [1.54, 1.807) is 17.0 Å². The van der Waals surface area contributed by atoms with Crippen LogP contribution >= 0.6 is 12.4 Å². The van der Waals surface area contributed by atoms with E-state index in [1.807, 2.05) is 26.0 Å². The van der Waals surface area contributed by atoms with Gasteiger partial charge in [-0.05, 0) is 32.4 Å². The molecule has 2 aromatic rings.